The van der Waals surface area contributed by atoms with Gasteiger partial charge in [-0.25, -0.2) is 9.97 Å². The summed E-state index contributed by atoms with van der Waals surface area (Å²) in [7, 11) is 4.36. The number of hydrogen-bond donors (Lipinski definition) is 0. The molecule has 1 saturated heterocycles. The molecule has 1 aliphatic rings. The van der Waals surface area contributed by atoms with Gasteiger partial charge in [0.25, 0.3) is 0 Å². The van der Waals surface area contributed by atoms with Gasteiger partial charge in [0.2, 0.25) is 0 Å². The lowest BCUT2D eigenvalue weighted by Crippen LogP contribution is -2.42. The minimum Gasteiger partial charge on any atom is -0.356 e. The summed E-state index contributed by atoms with van der Waals surface area (Å²) in [6.07, 6.45) is 5.13. The molecule has 0 aliphatic carbocycles. The Morgan fingerprint density at radius 3 is 2.50 bits per heavy atom. The molecular formula is C16H28N4. The summed E-state index contributed by atoms with van der Waals surface area (Å²) in [5, 5.41) is 0. The average molecular weight is 276 g/mol. The van der Waals surface area contributed by atoms with Crippen LogP contribution in [0.2, 0.25) is 0 Å². The second-order valence-corrected chi connectivity index (χ2v) is 7.25. The van der Waals surface area contributed by atoms with E-state index in [0.29, 0.717) is 6.04 Å². The zero-order valence-electron chi connectivity index (χ0n) is 13.6. The van der Waals surface area contributed by atoms with E-state index in [1.54, 1.807) is 6.33 Å². The highest BCUT2D eigenvalue weighted by molar-refractivity contribution is 5.39. The van der Waals surface area contributed by atoms with Crippen molar-refractivity contribution in [3.8, 4) is 0 Å². The van der Waals surface area contributed by atoms with E-state index in [1.165, 1.54) is 25.9 Å². The van der Waals surface area contributed by atoms with E-state index in [-0.39, 0.29) is 5.41 Å². The van der Waals surface area contributed by atoms with Crippen molar-refractivity contribution in [2.24, 2.45) is 5.41 Å². The molecule has 0 N–H and O–H groups in total. The molecule has 0 saturated carbocycles. The first kappa shape index (κ1) is 15.2. The van der Waals surface area contributed by atoms with Crippen molar-refractivity contribution in [2.45, 2.75) is 46.1 Å². The quantitative estimate of drug-likeness (QED) is 0.849. The number of piperidine rings is 1. The fourth-order valence-electron chi connectivity index (χ4n) is 2.79. The molecule has 0 aromatic carbocycles. The third kappa shape index (κ3) is 4.17. The van der Waals surface area contributed by atoms with Crippen molar-refractivity contribution in [3.05, 3.63) is 18.1 Å². The molecule has 112 valence electrons. The van der Waals surface area contributed by atoms with Gasteiger partial charge in [0.05, 0.1) is 0 Å². The van der Waals surface area contributed by atoms with E-state index >= 15 is 0 Å². The van der Waals surface area contributed by atoms with Gasteiger partial charge in [-0.2, -0.15) is 0 Å². The Balaban J connectivity index is 2.06. The van der Waals surface area contributed by atoms with Gasteiger partial charge >= 0.3 is 0 Å². The first-order valence-electron chi connectivity index (χ1n) is 7.57. The molecule has 2 heterocycles. The Bertz CT molecular complexity index is 430. The second-order valence-electron chi connectivity index (χ2n) is 7.25. The van der Waals surface area contributed by atoms with Crippen LogP contribution in [0.25, 0.3) is 0 Å². The van der Waals surface area contributed by atoms with E-state index in [4.69, 9.17) is 0 Å². The largest absolute Gasteiger partial charge is 0.356 e. The van der Waals surface area contributed by atoms with Crippen LogP contribution in [0.5, 0.6) is 0 Å². The molecule has 0 amide bonds. The van der Waals surface area contributed by atoms with Gasteiger partial charge in [-0.1, -0.05) is 20.8 Å². The summed E-state index contributed by atoms with van der Waals surface area (Å²) in [4.78, 5) is 13.6. The summed E-state index contributed by atoms with van der Waals surface area (Å²) in [6, 6.07) is 2.76. The Morgan fingerprint density at radius 2 is 1.90 bits per heavy atom. The van der Waals surface area contributed by atoms with Crippen LogP contribution < -0.4 is 4.90 Å². The van der Waals surface area contributed by atoms with E-state index in [0.717, 1.165) is 17.9 Å². The molecule has 0 unspecified atom stereocenters. The molecule has 20 heavy (non-hydrogen) atoms. The summed E-state index contributed by atoms with van der Waals surface area (Å²) < 4.78 is 0. The predicted octanol–water partition coefficient (Wildman–Crippen LogP) is 2.60. The number of hydrogen-bond acceptors (Lipinski definition) is 4. The van der Waals surface area contributed by atoms with E-state index in [2.05, 4.69) is 60.7 Å². The third-order valence-corrected chi connectivity index (χ3v) is 4.02. The van der Waals surface area contributed by atoms with Crippen molar-refractivity contribution in [1.82, 2.24) is 14.9 Å². The van der Waals surface area contributed by atoms with Crippen LogP contribution in [-0.2, 0) is 6.42 Å². The maximum atomic E-state index is 4.46. The Labute approximate surface area is 123 Å². The first-order chi connectivity index (χ1) is 9.35. The maximum Gasteiger partial charge on any atom is 0.132 e. The first-order valence-corrected chi connectivity index (χ1v) is 7.57. The normalized spacial score (nSPS) is 18.2. The molecule has 0 atom stereocenters. The molecule has 1 aromatic heterocycles. The highest BCUT2D eigenvalue weighted by Crippen LogP contribution is 2.23. The standard InChI is InChI=1S/C16H28N4/c1-16(2,3)11-13-10-15(18-12-17-13)20(5)14-6-8-19(4)9-7-14/h10,12,14H,6-9,11H2,1-5H3. The van der Waals surface area contributed by atoms with Gasteiger partial charge in [-0.15, -0.1) is 0 Å². The van der Waals surface area contributed by atoms with Crippen LogP contribution in [0.1, 0.15) is 39.3 Å². The molecule has 1 aromatic rings. The van der Waals surface area contributed by atoms with Crippen molar-refractivity contribution < 1.29 is 0 Å². The SMILES string of the molecule is CN1CCC(N(C)c2cc(CC(C)(C)C)ncn2)CC1. The van der Waals surface area contributed by atoms with Crippen LogP contribution in [0, 0.1) is 5.41 Å². The highest BCUT2D eigenvalue weighted by Gasteiger charge is 2.22. The zero-order chi connectivity index (χ0) is 14.8. The van der Waals surface area contributed by atoms with E-state index < -0.39 is 0 Å². The summed E-state index contributed by atoms with van der Waals surface area (Å²) in [5.41, 5.74) is 1.40. The Hall–Kier alpha value is -1.16. The van der Waals surface area contributed by atoms with Crippen LogP contribution in [0.3, 0.4) is 0 Å². The second kappa shape index (κ2) is 6.08. The summed E-state index contributed by atoms with van der Waals surface area (Å²) in [6.45, 7) is 9.09. The van der Waals surface area contributed by atoms with Crippen molar-refractivity contribution >= 4 is 5.82 Å². The molecular weight excluding hydrogens is 248 g/mol. The zero-order valence-corrected chi connectivity index (χ0v) is 13.6. The predicted molar refractivity (Wildman–Crippen MR) is 84.1 cm³/mol. The lowest BCUT2D eigenvalue weighted by Gasteiger charge is -2.35. The monoisotopic (exact) mass is 276 g/mol. The minimum absolute atomic E-state index is 0.262. The molecule has 4 heteroatoms. The van der Waals surface area contributed by atoms with Crippen LogP contribution >= 0.6 is 0 Å². The molecule has 2 rings (SSSR count). The van der Waals surface area contributed by atoms with Gasteiger partial charge in [-0.05, 0) is 44.8 Å². The van der Waals surface area contributed by atoms with Crippen LogP contribution in [0.4, 0.5) is 5.82 Å². The highest BCUT2D eigenvalue weighted by atomic mass is 15.2. The molecule has 0 spiro atoms. The minimum atomic E-state index is 0.262. The van der Waals surface area contributed by atoms with Gasteiger partial charge in [0.1, 0.15) is 12.1 Å². The molecule has 4 nitrogen and oxygen atoms in total. The fraction of sp³-hybridized carbons (Fsp3) is 0.750. The molecule has 1 fully saturated rings. The van der Waals surface area contributed by atoms with Gasteiger partial charge in [0.15, 0.2) is 0 Å². The fourth-order valence-corrected chi connectivity index (χ4v) is 2.79. The Morgan fingerprint density at radius 1 is 1.25 bits per heavy atom. The maximum absolute atomic E-state index is 4.46. The third-order valence-electron chi connectivity index (χ3n) is 4.02. The number of nitrogens with zero attached hydrogens (tertiary/aromatic N) is 4. The topological polar surface area (TPSA) is 32.3 Å². The van der Waals surface area contributed by atoms with Crippen molar-refractivity contribution in [2.75, 3.05) is 32.1 Å². The Kier molecular flexibility index (Phi) is 4.63. The summed E-state index contributed by atoms with van der Waals surface area (Å²) in [5.74, 6) is 1.06. The smallest absolute Gasteiger partial charge is 0.132 e. The molecule has 0 bridgehead atoms. The number of aromatic nitrogens is 2. The average Bonchev–Trinajstić information content (AvgIpc) is 2.37. The van der Waals surface area contributed by atoms with Crippen molar-refractivity contribution in [1.29, 1.82) is 0 Å². The van der Waals surface area contributed by atoms with Gasteiger partial charge in [-0.3, -0.25) is 0 Å². The van der Waals surface area contributed by atoms with Crippen molar-refractivity contribution in [3.63, 3.8) is 0 Å². The lowest BCUT2D eigenvalue weighted by molar-refractivity contribution is 0.252. The molecule has 1 aliphatic heterocycles. The lowest BCUT2D eigenvalue weighted by atomic mass is 9.90. The number of anilines is 1. The van der Waals surface area contributed by atoms with E-state index in [1.807, 2.05) is 0 Å². The van der Waals surface area contributed by atoms with Gasteiger partial charge < -0.3 is 9.80 Å². The summed E-state index contributed by atoms with van der Waals surface area (Å²) >= 11 is 0. The number of rotatable bonds is 3. The van der Waals surface area contributed by atoms with Gasteiger partial charge in [0, 0.05) is 24.8 Å². The number of likely N-dealkylation sites (tertiary alicyclic amines) is 1. The van der Waals surface area contributed by atoms with Crippen LogP contribution in [0.15, 0.2) is 12.4 Å². The van der Waals surface area contributed by atoms with Crippen LogP contribution in [-0.4, -0.2) is 48.1 Å². The molecule has 0 radical (unpaired) electrons. The van der Waals surface area contributed by atoms with E-state index in [9.17, 15) is 0 Å².